The number of hydrogen-bond donors (Lipinski definition) is 0. The predicted molar refractivity (Wildman–Crippen MR) is 82.5 cm³/mol. The number of nitrogens with zero attached hydrogens (tertiary/aromatic N) is 2. The highest BCUT2D eigenvalue weighted by atomic mass is 19.2. The molecule has 1 aliphatic heterocycles. The van der Waals surface area contributed by atoms with E-state index in [4.69, 9.17) is 0 Å². The van der Waals surface area contributed by atoms with Crippen LogP contribution in [-0.2, 0) is 11.2 Å². The fourth-order valence-corrected chi connectivity index (χ4v) is 3.12. The van der Waals surface area contributed by atoms with Gasteiger partial charge in [-0.25, -0.2) is 13.2 Å². The van der Waals surface area contributed by atoms with Gasteiger partial charge >= 0.3 is 0 Å². The first-order valence-corrected chi connectivity index (χ1v) is 8.01. The summed E-state index contributed by atoms with van der Waals surface area (Å²) < 4.78 is 39.9. The van der Waals surface area contributed by atoms with E-state index >= 15 is 0 Å². The number of carbonyl (C=O) groups excluding carboxylic acids is 1. The van der Waals surface area contributed by atoms with E-state index in [1.54, 1.807) is 4.90 Å². The van der Waals surface area contributed by atoms with Gasteiger partial charge in [-0.3, -0.25) is 9.69 Å². The van der Waals surface area contributed by atoms with Crippen LogP contribution in [0.25, 0.3) is 0 Å². The summed E-state index contributed by atoms with van der Waals surface area (Å²) in [5.41, 5.74) is -0.103. The maximum atomic E-state index is 13.7. The highest BCUT2D eigenvalue weighted by Gasteiger charge is 2.30. The first kappa shape index (κ1) is 17.8. The molecule has 0 N–H and O–H groups in total. The lowest BCUT2D eigenvalue weighted by Crippen LogP contribution is -2.56. The molecule has 1 amide bonds. The van der Waals surface area contributed by atoms with Crippen molar-refractivity contribution in [3.05, 3.63) is 35.1 Å². The van der Waals surface area contributed by atoms with Gasteiger partial charge in [0.05, 0.1) is 6.42 Å². The van der Waals surface area contributed by atoms with E-state index in [0.717, 1.165) is 25.1 Å². The van der Waals surface area contributed by atoms with Crippen LogP contribution in [0.1, 0.15) is 32.8 Å². The average Bonchev–Trinajstić information content (AvgIpc) is 2.54. The van der Waals surface area contributed by atoms with Crippen molar-refractivity contribution in [2.24, 2.45) is 0 Å². The molecule has 3 nitrogen and oxygen atoms in total. The minimum atomic E-state index is -1.52. The molecule has 0 aromatic heterocycles. The molecule has 0 spiro atoms. The highest BCUT2D eigenvalue weighted by molar-refractivity contribution is 5.79. The zero-order chi connectivity index (χ0) is 17.1. The molecule has 0 radical (unpaired) electrons. The van der Waals surface area contributed by atoms with E-state index < -0.39 is 17.5 Å². The number of carbonyl (C=O) groups is 1. The Kier molecular flexibility index (Phi) is 5.68. The maximum Gasteiger partial charge on any atom is 0.227 e. The first-order valence-electron chi connectivity index (χ1n) is 8.01. The number of hydrogen-bond acceptors (Lipinski definition) is 2. The summed E-state index contributed by atoms with van der Waals surface area (Å²) in [6.45, 7) is 8.23. The summed E-state index contributed by atoms with van der Waals surface area (Å²) in [5, 5.41) is 0. The van der Waals surface area contributed by atoms with Gasteiger partial charge < -0.3 is 4.90 Å². The zero-order valence-corrected chi connectivity index (χ0v) is 13.8. The van der Waals surface area contributed by atoms with Crippen molar-refractivity contribution in [1.82, 2.24) is 9.80 Å². The van der Waals surface area contributed by atoms with Crippen molar-refractivity contribution in [3.8, 4) is 0 Å². The molecule has 0 saturated carbocycles. The van der Waals surface area contributed by atoms with Gasteiger partial charge in [0, 0.05) is 37.3 Å². The second kappa shape index (κ2) is 7.34. The van der Waals surface area contributed by atoms with Gasteiger partial charge in [0.25, 0.3) is 0 Å². The normalized spacial score (nSPS) is 19.4. The van der Waals surface area contributed by atoms with Crippen molar-refractivity contribution >= 4 is 5.91 Å². The second-order valence-electron chi connectivity index (χ2n) is 6.24. The van der Waals surface area contributed by atoms with Crippen molar-refractivity contribution < 1.29 is 18.0 Å². The maximum absolute atomic E-state index is 13.7. The van der Waals surface area contributed by atoms with Crippen molar-refractivity contribution in [2.75, 3.05) is 19.6 Å². The molecule has 0 bridgehead atoms. The van der Waals surface area contributed by atoms with Gasteiger partial charge in [-0.05, 0) is 26.3 Å². The van der Waals surface area contributed by atoms with Crippen LogP contribution >= 0.6 is 0 Å². The third-order valence-corrected chi connectivity index (χ3v) is 4.47. The molecular weight excluding hydrogens is 305 g/mol. The van der Waals surface area contributed by atoms with Gasteiger partial charge in [0.2, 0.25) is 5.91 Å². The molecule has 1 saturated heterocycles. The van der Waals surface area contributed by atoms with Gasteiger partial charge in [-0.1, -0.05) is 13.0 Å². The molecule has 1 aliphatic rings. The Labute approximate surface area is 135 Å². The molecule has 1 heterocycles. The van der Waals surface area contributed by atoms with Crippen LogP contribution in [0, 0.1) is 17.5 Å². The summed E-state index contributed by atoms with van der Waals surface area (Å²) in [5.74, 6) is -4.29. The molecular formula is C17H23F3N2O. The van der Waals surface area contributed by atoms with Crippen LogP contribution in [0.3, 0.4) is 0 Å². The number of rotatable bonds is 4. The molecule has 1 aromatic rings. The number of piperazine rings is 1. The summed E-state index contributed by atoms with van der Waals surface area (Å²) in [6, 6.07) is 2.66. The minimum Gasteiger partial charge on any atom is -0.340 e. The number of halogens is 3. The standard InChI is InChI=1S/C17H23F3N2O/c1-4-13-10-21(7-8-22(13)11(2)3)15(23)9-12-5-6-14(18)17(20)16(12)19/h5-6,11,13H,4,7-10H2,1-3H3/t13-/m1/s1. The quantitative estimate of drug-likeness (QED) is 0.794. The van der Waals surface area contributed by atoms with E-state index in [1.165, 1.54) is 0 Å². The average molecular weight is 328 g/mol. The van der Waals surface area contributed by atoms with E-state index in [-0.39, 0.29) is 23.9 Å². The lowest BCUT2D eigenvalue weighted by atomic mass is 10.1. The Morgan fingerprint density at radius 3 is 2.52 bits per heavy atom. The zero-order valence-electron chi connectivity index (χ0n) is 13.8. The third-order valence-electron chi connectivity index (χ3n) is 4.47. The summed E-state index contributed by atoms with van der Waals surface area (Å²) in [6.07, 6.45) is 0.669. The SMILES string of the molecule is CC[C@@H]1CN(C(=O)Cc2ccc(F)c(F)c2F)CCN1C(C)C. The van der Waals surface area contributed by atoms with Crippen molar-refractivity contribution in [1.29, 1.82) is 0 Å². The Balaban J connectivity index is 2.06. The monoisotopic (exact) mass is 328 g/mol. The molecule has 1 fully saturated rings. The van der Waals surface area contributed by atoms with E-state index in [0.29, 0.717) is 19.1 Å². The summed E-state index contributed by atoms with van der Waals surface area (Å²) in [4.78, 5) is 16.4. The smallest absolute Gasteiger partial charge is 0.227 e. The van der Waals surface area contributed by atoms with E-state index in [9.17, 15) is 18.0 Å². The van der Waals surface area contributed by atoms with Crippen molar-refractivity contribution in [3.63, 3.8) is 0 Å². The molecule has 1 atom stereocenters. The van der Waals surface area contributed by atoms with Crippen LogP contribution in [0.2, 0.25) is 0 Å². The fraction of sp³-hybridized carbons (Fsp3) is 0.588. The molecule has 6 heteroatoms. The van der Waals surface area contributed by atoms with Crippen LogP contribution < -0.4 is 0 Å². The lowest BCUT2D eigenvalue weighted by molar-refractivity contribution is -0.134. The Hall–Kier alpha value is -1.56. The Morgan fingerprint density at radius 1 is 1.22 bits per heavy atom. The van der Waals surface area contributed by atoms with Crippen LogP contribution in [0.15, 0.2) is 12.1 Å². The van der Waals surface area contributed by atoms with Gasteiger partial charge in [0.15, 0.2) is 17.5 Å². The lowest BCUT2D eigenvalue weighted by Gasteiger charge is -2.43. The Morgan fingerprint density at radius 2 is 1.91 bits per heavy atom. The Bertz CT molecular complexity index is 577. The molecule has 1 aromatic carbocycles. The second-order valence-corrected chi connectivity index (χ2v) is 6.24. The minimum absolute atomic E-state index is 0.103. The molecule has 23 heavy (non-hydrogen) atoms. The van der Waals surface area contributed by atoms with E-state index in [2.05, 4.69) is 25.7 Å². The molecule has 0 unspecified atom stereocenters. The van der Waals surface area contributed by atoms with Gasteiger partial charge in [-0.15, -0.1) is 0 Å². The summed E-state index contributed by atoms with van der Waals surface area (Å²) in [7, 11) is 0. The highest BCUT2D eigenvalue weighted by Crippen LogP contribution is 2.19. The van der Waals surface area contributed by atoms with Gasteiger partial charge in [-0.2, -0.15) is 0 Å². The first-order chi connectivity index (χ1) is 10.8. The van der Waals surface area contributed by atoms with Crippen LogP contribution in [0.5, 0.6) is 0 Å². The van der Waals surface area contributed by atoms with Crippen LogP contribution in [-0.4, -0.2) is 47.4 Å². The topological polar surface area (TPSA) is 23.6 Å². The number of amides is 1. The van der Waals surface area contributed by atoms with Crippen molar-refractivity contribution in [2.45, 2.75) is 45.7 Å². The van der Waals surface area contributed by atoms with Crippen LogP contribution in [0.4, 0.5) is 13.2 Å². The third kappa shape index (κ3) is 3.86. The van der Waals surface area contributed by atoms with Gasteiger partial charge in [0.1, 0.15) is 0 Å². The van der Waals surface area contributed by atoms with E-state index in [1.807, 2.05) is 0 Å². The molecule has 0 aliphatic carbocycles. The summed E-state index contributed by atoms with van der Waals surface area (Å²) >= 11 is 0. The number of benzene rings is 1. The predicted octanol–water partition coefficient (Wildman–Crippen LogP) is 2.98. The largest absolute Gasteiger partial charge is 0.340 e. The molecule has 128 valence electrons. The fourth-order valence-electron chi connectivity index (χ4n) is 3.12. The molecule has 2 rings (SSSR count).